The largest absolute Gasteiger partial charge is 0.368 e. The van der Waals surface area contributed by atoms with E-state index >= 15 is 0 Å². The number of imidazole rings is 1. The second-order valence-corrected chi connectivity index (χ2v) is 8.26. The van der Waals surface area contributed by atoms with Gasteiger partial charge in [0.25, 0.3) is 0 Å². The first-order valence-corrected chi connectivity index (χ1v) is 11.1. The van der Waals surface area contributed by atoms with Gasteiger partial charge in [0.1, 0.15) is 5.82 Å². The van der Waals surface area contributed by atoms with Gasteiger partial charge < -0.3 is 9.80 Å². The molecule has 0 N–H and O–H groups in total. The third kappa shape index (κ3) is 4.96. The highest BCUT2D eigenvalue weighted by Gasteiger charge is 2.22. The van der Waals surface area contributed by atoms with E-state index in [0.717, 1.165) is 18.8 Å². The standard InChI is InChI=1S/C23H23FN4O2S/c1-17(29)18-5-7-20(8-6-18)26-11-13-27(14-12-26)22(30)16-31-23-25-9-10-28(23)21-4-2-3-19(24)15-21/h2-10,15H,11-14,16H2,1H3. The van der Waals surface area contributed by atoms with Crippen LogP contribution in [0.5, 0.6) is 0 Å². The first kappa shape index (κ1) is 21.1. The van der Waals surface area contributed by atoms with E-state index in [1.54, 1.807) is 36.0 Å². The van der Waals surface area contributed by atoms with Crippen molar-refractivity contribution in [1.29, 1.82) is 0 Å². The number of thioether (sulfide) groups is 1. The highest BCUT2D eigenvalue weighted by atomic mass is 32.2. The monoisotopic (exact) mass is 438 g/mol. The number of hydrogen-bond donors (Lipinski definition) is 0. The van der Waals surface area contributed by atoms with Crippen LogP contribution in [-0.4, -0.2) is 58.1 Å². The molecule has 1 aliphatic heterocycles. The van der Waals surface area contributed by atoms with E-state index in [1.165, 1.54) is 23.9 Å². The molecule has 0 saturated carbocycles. The first-order valence-electron chi connectivity index (χ1n) is 10.1. The third-order valence-corrected chi connectivity index (χ3v) is 6.24. The number of anilines is 1. The molecule has 0 unspecified atom stereocenters. The lowest BCUT2D eigenvalue weighted by Crippen LogP contribution is -2.49. The molecular weight excluding hydrogens is 415 g/mol. The van der Waals surface area contributed by atoms with Gasteiger partial charge in [0.2, 0.25) is 5.91 Å². The second kappa shape index (κ2) is 9.34. The summed E-state index contributed by atoms with van der Waals surface area (Å²) in [5.41, 5.74) is 2.44. The van der Waals surface area contributed by atoms with Crippen molar-refractivity contribution in [3.63, 3.8) is 0 Å². The molecule has 0 radical (unpaired) electrons. The van der Waals surface area contributed by atoms with E-state index in [4.69, 9.17) is 0 Å². The average molecular weight is 439 g/mol. The molecule has 0 atom stereocenters. The summed E-state index contributed by atoms with van der Waals surface area (Å²) in [5, 5.41) is 0.656. The fourth-order valence-corrected chi connectivity index (χ4v) is 4.43. The zero-order chi connectivity index (χ0) is 21.8. The van der Waals surface area contributed by atoms with Gasteiger partial charge in [-0.15, -0.1) is 0 Å². The Hall–Kier alpha value is -3.13. The summed E-state index contributed by atoms with van der Waals surface area (Å²) in [6.45, 7) is 4.34. The maximum atomic E-state index is 13.5. The number of halogens is 1. The lowest BCUT2D eigenvalue weighted by Gasteiger charge is -2.36. The number of aromatic nitrogens is 2. The van der Waals surface area contributed by atoms with Gasteiger partial charge in [-0.3, -0.25) is 14.2 Å². The number of Topliss-reactive ketones (excluding diaryl/α,β-unsaturated/α-hetero) is 1. The molecule has 2 aromatic carbocycles. The summed E-state index contributed by atoms with van der Waals surface area (Å²) in [6, 6.07) is 13.9. The first-order chi connectivity index (χ1) is 15.0. The molecule has 0 bridgehead atoms. The molecule has 1 aromatic heterocycles. The Bertz CT molecular complexity index is 1080. The summed E-state index contributed by atoms with van der Waals surface area (Å²) >= 11 is 1.35. The quantitative estimate of drug-likeness (QED) is 0.434. The number of ketones is 1. The second-order valence-electron chi connectivity index (χ2n) is 7.32. The summed E-state index contributed by atoms with van der Waals surface area (Å²) in [5.74, 6) is 0.0783. The Kier molecular flexibility index (Phi) is 6.36. The lowest BCUT2D eigenvalue weighted by molar-refractivity contribution is -0.128. The Morgan fingerprint density at radius 1 is 1.03 bits per heavy atom. The summed E-state index contributed by atoms with van der Waals surface area (Å²) in [4.78, 5) is 32.5. The van der Waals surface area contributed by atoms with Crippen LogP contribution in [0, 0.1) is 5.82 Å². The Balaban J connectivity index is 1.31. The molecule has 3 aromatic rings. The minimum atomic E-state index is -0.313. The number of amides is 1. The van der Waals surface area contributed by atoms with Crippen molar-refractivity contribution in [3.8, 4) is 5.69 Å². The van der Waals surface area contributed by atoms with Gasteiger partial charge >= 0.3 is 0 Å². The van der Waals surface area contributed by atoms with Crippen LogP contribution in [-0.2, 0) is 4.79 Å². The molecule has 0 aliphatic carbocycles. The fourth-order valence-electron chi connectivity index (χ4n) is 3.56. The number of piperazine rings is 1. The van der Waals surface area contributed by atoms with Crippen molar-refractivity contribution < 1.29 is 14.0 Å². The van der Waals surface area contributed by atoms with Crippen LogP contribution in [0.2, 0.25) is 0 Å². The van der Waals surface area contributed by atoms with Crippen LogP contribution < -0.4 is 4.90 Å². The topological polar surface area (TPSA) is 58.4 Å². The lowest BCUT2D eigenvalue weighted by atomic mass is 10.1. The number of rotatable bonds is 6. The highest BCUT2D eigenvalue weighted by molar-refractivity contribution is 7.99. The zero-order valence-electron chi connectivity index (χ0n) is 17.2. The fraction of sp³-hybridized carbons (Fsp3) is 0.261. The molecule has 31 heavy (non-hydrogen) atoms. The van der Waals surface area contributed by atoms with Crippen LogP contribution in [0.3, 0.4) is 0 Å². The smallest absolute Gasteiger partial charge is 0.233 e. The van der Waals surface area contributed by atoms with Crippen molar-refractivity contribution in [2.45, 2.75) is 12.1 Å². The molecule has 4 rings (SSSR count). The molecule has 1 amide bonds. The number of carbonyl (C=O) groups is 2. The number of benzene rings is 2. The predicted molar refractivity (Wildman–Crippen MR) is 119 cm³/mol. The van der Waals surface area contributed by atoms with Gasteiger partial charge in [-0.2, -0.15) is 0 Å². The van der Waals surface area contributed by atoms with Crippen molar-refractivity contribution in [2.24, 2.45) is 0 Å². The molecule has 160 valence electrons. The molecule has 8 heteroatoms. The SMILES string of the molecule is CC(=O)c1ccc(N2CCN(C(=O)CSc3nccn3-c3cccc(F)c3)CC2)cc1. The van der Waals surface area contributed by atoms with Gasteiger partial charge in [-0.25, -0.2) is 9.37 Å². The summed E-state index contributed by atoms with van der Waals surface area (Å²) in [6.07, 6.45) is 3.41. The zero-order valence-corrected chi connectivity index (χ0v) is 18.0. The van der Waals surface area contributed by atoms with E-state index in [1.807, 2.05) is 29.2 Å². The van der Waals surface area contributed by atoms with Gasteiger partial charge in [-0.05, 0) is 49.4 Å². The van der Waals surface area contributed by atoms with Crippen molar-refractivity contribution in [2.75, 3.05) is 36.8 Å². The molecular formula is C23H23FN4O2S. The molecule has 2 heterocycles. The molecule has 6 nitrogen and oxygen atoms in total. The minimum absolute atomic E-state index is 0.0532. The van der Waals surface area contributed by atoms with E-state index in [0.29, 0.717) is 29.5 Å². The third-order valence-electron chi connectivity index (χ3n) is 5.29. The van der Waals surface area contributed by atoms with Crippen LogP contribution in [0.4, 0.5) is 10.1 Å². The van der Waals surface area contributed by atoms with E-state index in [9.17, 15) is 14.0 Å². The Labute approximate surface area is 184 Å². The van der Waals surface area contributed by atoms with Gasteiger partial charge in [-0.1, -0.05) is 17.8 Å². The van der Waals surface area contributed by atoms with Crippen molar-refractivity contribution >= 4 is 29.1 Å². The maximum absolute atomic E-state index is 13.5. The van der Waals surface area contributed by atoms with Gasteiger partial charge in [0, 0.05) is 49.8 Å². The minimum Gasteiger partial charge on any atom is -0.368 e. The summed E-state index contributed by atoms with van der Waals surface area (Å²) in [7, 11) is 0. The number of nitrogens with zero attached hydrogens (tertiary/aromatic N) is 4. The van der Waals surface area contributed by atoms with Crippen LogP contribution in [0.15, 0.2) is 66.1 Å². The van der Waals surface area contributed by atoms with E-state index in [2.05, 4.69) is 9.88 Å². The van der Waals surface area contributed by atoms with Crippen LogP contribution >= 0.6 is 11.8 Å². The van der Waals surface area contributed by atoms with Crippen LogP contribution in [0.25, 0.3) is 5.69 Å². The molecule has 0 spiro atoms. The predicted octanol–water partition coefficient (Wildman–Crippen LogP) is 3.65. The van der Waals surface area contributed by atoms with Crippen LogP contribution in [0.1, 0.15) is 17.3 Å². The Morgan fingerprint density at radius 2 is 1.77 bits per heavy atom. The number of carbonyl (C=O) groups excluding carboxylic acids is 2. The Morgan fingerprint density at radius 3 is 2.45 bits per heavy atom. The highest BCUT2D eigenvalue weighted by Crippen LogP contribution is 2.22. The molecule has 1 saturated heterocycles. The molecule has 1 aliphatic rings. The average Bonchev–Trinajstić information content (AvgIpc) is 3.26. The van der Waals surface area contributed by atoms with E-state index < -0.39 is 0 Å². The van der Waals surface area contributed by atoms with Crippen molar-refractivity contribution in [3.05, 3.63) is 72.3 Å². The normalized spacial score (nSPS) is 14.0. The van der Waals surface area contributed by atoms with Crippen molar-refractivity contribution in [1.82, 2.24) is 14.5 Å². The molecule has 1 fully saturated rings. The maximum Gasteiger partial charge on any atom is 0.233 e. The number of hydrogen-bond acceptors (Lipinski definition) is 5. The van der Waals surface area contributed by atoms with Gasteiger partial charge in [0.15, 0.2) is 10.9 Å². The summed E-state index contributed by atoms with van der Waals surface area (Å²) < 4.78 is 15.3. The van der Waals surface area contributed by atoms with E-state index in [-0.39, 0.29) is 23.3 Å². The van der Waals surface area contributed by atoms with Gasteiger partial charge in [0.05, 0.1) is 11.4 Å².